The molecule has 2 bridgehead atoms. The molecule has 0 saturated heterocycles. The van der Waals surface area contributed by atoms with E-state index in [2.05, 4.69) is 9.97 Å². The van der Waals surface area contributed by atoms with E-state index in [1.165, 1.54) is 0 Å². The molecule has 0 aliphatic carbocycles. The number of anilines is 2. The van der Waals surface area contributed by atoms with Gasteiger partial charge in [0.15, 0.2) is 5.43 Å². The van der Waals surface area contributed by atoms with E-state index in [4.69, 9.17) is 25.4 Å². The molecule has 4 aromatic rings. The van der Waals surface area contributed by atoms with Crippen LogP contribution in [-0.2, 0) is 41.8 Å². The lowest BCUT2D eigenvalue weighted by Crippen LogP contribution is -2.57. The molecule has 6 rings (SSSR count). The lowest BCUT2D eigenvalue weighted by Gasteiger charge is -2.47. The Morgan fingerprint density at radius 1 is 1.20 bits per heavy atom. The fourth-order valence-electron chi connectivity index (χ4n) is 6.54. The number of aliphatic hydroxyl groups is 1. The van der Waals surface area contributed by atoms with Gasteiger partial charge in [0.05, 0.1) is 0 Å². The molecule has 3 aromatic heterocycles. The van der Waals surface area contributed by atoms with Crippen LogP contribution in [0, 0.1) is 5.92 Å². The Balaban J connectivity index is 1.64. The van der Waals surface area contributed by atoms with E-state index in [-0.39, 0.29) is 41.2 Å². The second-order valence-corrected chi connectivity index (χ2v) is 12.0. The minimum Gasteiger partial charge on any atom is -0.507 e. The van der Waals surface area contributed by atoms with Crippen molar-refractivity contribution in [3.63, 3.8) is 0 Å². The van der Waals surface area contributed by atoms with E-state index in [9.17, 15) is 19.8 Å². The zero-order valence-electron chi connectivity index (χ0n) is 25.4. The quantitative estimate of drug-likeness (QED) is 0.189. The molecular weight excluding hydrogens is 576 g/mol. The van der Waals surface area contributed by atoms with Gasteiger partial charge < -0.3 is 35.6 Å². The summed E-state index contributed by atoms with van der Waals surface area (Å²) < 4.78 is 19.2. The van der Waals surface area contributed by atoms with Crippen LogP contribution in [0.2, 0.25) is 0 Å². The molecule has 0 amide bonds. The number of allylic oxidation sites excluding steroid dienone is 1. The molecule has 2 aliphatic rings. The van der Waals surface area contributed by atoms with Crippen molar-refractivity contribution >= 4 is 28.6 Å². The minimum absolute atomic E-state index is 0.0343. The number of aliphatic hydroxyl groups excluding tert-OH is 1. The topological polar surface area (TPSA) is 184 Å². The molecule has 6 N–H and O–H groups in total. The van der Waals surface area contributed by atoms with Crippen molar-refractivity contribution < 1.29 is 28.9 Å². The minimum atomic E-state index is -1.11. The third kappa shape index (κ3) is 5.27. The molecule has 234 valence electrons. The summed E-state index contributed by atoms with van der Waals surface area (Å²) in [7, 11) is 0. The molecule has 0 fully saturated rings. The number of benzene rings is 1. The molecule has 3 atom stereocenters. The fourth-order valence-corrected chi connectivity index (χ4v) is 6.54. The molecular formula is C34H36N4O7. The third-order valence-corrected chi connectivity index (χ3v) is 9.29. The van der Waals surface area contributed by atoms with Crippen LogP contribution >= 0.6 is 0 Å². The number of ether oxygens (including phenoxy) is 2. The number of rotatable bonds is 5. The summed E-state index contributed by atoms with van der Waals surface area (Å²) in [6.07, 6.45) is 6.16. The molecule has 1 aromatic carbocycles. The van der Waals surface area contributed by atoms with Crippen molar-refractivity contribution in [1.29, 1.82) is 0 Å². The van der Waals surface area contributed by atoms with Crippen LogP contribution in [0.3, 0.4) is 0 Å². The number of nitrogens with two attached hydrogens (primary N) is 2. The Labute approximate surface area is 259 Å². The van der Waals surface area contributed by atoms with Gasteiger partial charge in [-0.3, -0.25) is 4.79 Å². The first-order chi connectivity index (χ1) is 21.5. The van der Waals surface area contributed by atoms with Gasteiger partial charge in [-0.15, -0.1) is 0 Å². The maximum atomic E-state index is 13.3. The number of phenols is 1. The van der Waals surface area contributed by atoms with E-state index < -0.39 is 29.7 Å². The monoisotopic (exact) mass is 612 g/mol. The van der Waals surface area contributed by atoms with Gasteiger partial charge in [0, 0.05) is 53.9 Å². The number of aromatic nitrogens is 2. The van der Waals surface area contributed by atoms with Crippen LogP contribution in [0.1, 0.15) is 60.8 Å². The van der Waals surface area contributed by atoms with Crippen LogP contribution in [0.15, 0.2) is 57.5 Å². The molecule has 0 saturated carbocycles. The van der Waals surface area contributed by atoms with Crippen LogP contribution in [0.4, 0.5) is 11.6 Å². The van der Waals surface area contributed by atoms with Gasteiger partial charge in [0.2, 0.25) is 0 Å². The van der Waals surface area contributed by atoms with E-state index in [0.717, 1.165) is 22.8 Å². The number of fused-ring (bicyclic) bond motifs is 4. The number of carbonyl (C=O) groups excluding carboxylic acids is 1. The number of aromatic hydroxyl groups is 1. The molecule has 5 heterocycles. The molecule has 11 nitrogen and oxygen atoms in total. The highest BCUT2D eigenvalue weighted by Gasteiger charge is 2.51. The predicted octanol–water partition coefficient (Wildman–Crippen LogP) is 3.91. The standard InChI is InChI=1S/C34H36N4O7/c1-4-17(2)33(42)44-26-14-23-29(41)28-25(40)13-21(16-39)43-31(28)24-12-19-9-10-37-32(36)22(19)7-6-20(34(26,3)45-30(23)24)11-18-5-8-27(35)38-15-18/h4-5,8-10,13,15,20,26,39,41H,6-7,11-12,14,16H2,1-3H3,(H2,35,38)(H2,36,37)/b17-4-/t20-,26+,34-/m0/s1. The van der Waals surface area contributed by atoms with Crippen molar-refractivity contribution in [3.05, 3.63) is 92.1 Å². The Kier molecular flexibility index (Phi) is 7.74. The van der Waals surface area contributed by atoms with Gasteiger partial charge in [-0.1, -0.05) is 12.1 Å². The lowest BCUT2D eigenvalue weighted by atomic mass is 9.72. The number of esters is 1. The molecule has 45 heavy (non-hydrogen) atoms. The Hall–Kier alpha value is -4.90. The Morgan fingerprint density at radius 2 is 2.00 bits per heavy atom. The Morgan fingerprint density at radius 3 is 2.71 bits per heavy atom. The van der Waals surface area contributed by atoms with Gasteiger partial charge in [0.25, 0.3) is 0 Å². The zero-order chi connectivity index (χ0) is 32.0. The largest absolute Gasteiger partial charge is 0.507 e. The predicted molar refractivity (Wildman–Crippen MR) is 168 cm³/mol. The first kappa shape index (κ1) is 30.1. The number of pyridine rings is 2. The van der Waals surface area contributed by atoms with Gasteiger partial charge in [-0.25, -0.2) is 14.8 Å². The highest BCUT2D eigenvalue weighted by Crippen LogP contribution is 2.50. The van der Waals surface area contributed by atoms with Crippen molar-refractivity contribution in [1.82, 2.24) is 9.97 Å². The van der Waals surface area contributed by atoms with E-state index in [1.807, 2.05) is 19.1 Å². The van der Waals surface area contributed by atoms with Crippen LogP contribution in [-0.4, -0.2) is 37.9 Å². The normalized spacial score (nSPS) is 21.1. The fraction of sp³-hybridized carbons (Fsp3) is 0.353. The first-order valence-corrected chi connectivity index (χ1v) is 14.9. The number of carbonyl (C=O) groups is 1. The van der Waals surface area contributed by atoms with E-state index in [0.29, 0.717) is 53.3 Å². The highest BCUT2D eigenvalue weighted by molar-refractivity contribution is 5.91. The second-order valence-electron chi connectivity index (χ2n) is 12.0. The van der Waals surface area contributed by atoms with Gasteiger partial charge in [-0.2, -0.15) is 0 Å². The summed E-state index contributed by atoms with van der Waals surface area (Å²) >= 11 is 0. The number of phenolic OH excluding ortho intramolecular Hbond substituents is 1. The molecule has 2 aliphatic heterocycles. The summed E-state index contributed by atoms with van der Waals surface area (Å²) in [5, 5.41) is 21.5. The highest BCUT2D eigenvalue weighted by atomic mass is 16.6. The number of hydrogen-bond acceptors (Lipinski definition) is 11. The number of nitrogen functional groups attached to an aromatic ring is 2. The average molecular weight is 613 g/mol. The maximum Gasteiger partial charge on any atom is 0.333 e. The molecule has 11 heteroatoms. The molecule has 0 spiro atoms. The van der Waals surface area contributed by atoms with Crippen LogP contribution < -0.4 is 21.6 Å². The lowest BCUT2D eigenvalue weighted by molar-refractivity contribution is -0.165. The zero-order valence-corrected chi connectivity index (χ0v) is 25.4. The van der Waals surface area contributed by atoms with Crippen molar-refractivity contribution in [2.75, 3.05) is 11.5 Å². The third-order valence-electron chi connectivity index (χ3n) is 9.29. The van der Waals surface area contributed by atoms with Crippen molar-refractivity contribution in [2.24, 2.45) is 5.92 Å². The van der Waals surface area contributed by atoms with Gasteiger partial charge >= 0.3 is 5.97 Å². The SMILES string of the molecule is C/C=C(/C)C(=O)O[C@@H]1Cc2c3c(c4oc(CO)cc(=O)c4c2O)Cc2ccnc(N)c2CC[C@@H](Cc2ccc(N)nc2)[C@]1(C)O3. The summed E-state index contributed by atoms with van der Waals surface area (Å²) in [4.78, 5) is 35.2. The summed E-state index contributed by atoms with van der Waals surface area (Å²) in [6.45, 7) is 4.83. The average Bonchev–Trinajstić information content (AvgIpc) is 3.02. The first-order valence-electron chi connectivity index (χ1n) is 14.9. The molecule has 0 unspecified atom stereocenters. The van der Waals surface area contributed by atoms with Crippen LogP contribution in [0.5, 0.6) is 11.5 Å². The number of nitrogens with zero attached hydrogens (tertiary/aromatic N) is 2. The summed E-state index contributed by atoms with van der Waals surface area (Å²) in [5.41, 5.74) is 14.7. The maximum absolute atomic E-state index is 13.3. The van der Waals surface area contributed by atoms with Crippen LogP contribution in [0.25, 0.3) is 11.0 Å². The van der Waals surface area contributed by atoms with Crippen molar-refractivity contribution in [3.8, 4) is 11.5 Å². The smallest absolute Gasteiger partial charge is 0.333 e. The summed E-state index contributed by atoms with van der Waals surface area (Å²) in [6, 6.07) is 6.68. The number of hydrogen-bond donors (Lipinski definition) is 4. The summed E-state index contributed by atoms with van der Waals surface area (Å²) in [5.74, 6) is 0.110. The van der Waals surface area contributed by atoms with Gasteiger partial charge in [-0.05, 0) is 68.9 Å². The van der Waals surface area contributed by atoms with E-state index in [1.54, 1.807) is 38.4 Å². The van der Waals surface area contributed by atoms with Gasteiger partial charge in [0.1, 0.15) is 58.2 Å². The molecule has 0 radical (unpaired) electrons. The Bertz CT molecular complexity index is 1900. The van der Waals surface area contributed by atoms with E-state index >= 15 is 0 Å². The second kappa shape index (κ2) is 11.6. The van der Waals surface area contributed by atoms with Crippen molar-refractivity contribution in [2.45, 2.75) is 71.2 Å².